The molecule has 3 nitrogen and oxygen atoms in total. The Kier molecular flexibility index (Phi) is 9.49. The zero-order valence-corrected chi connectivity index (χ0v) is 19.6. The van der Waals surface area contributed by atoms with E-state index in [4.69, 9.17) is 4.74 Å². The highest BCUT2D eigenvalue weighted by molar-refractivity contribution is 5.64. The van der Waals surface area contributed by atoms with Crippen molar-refractivity contribution in [1.82, 2.24) is 9.97 Å². The molecule has 0 fully saturated rings. The number of hydrogen-bond acceptors (Lipinski definition) is 3. The van der Waals surface area contributed by atoms with Gasteiger partial charge in [-0.15, -0.1) is 6.58 Å². The van der Waals surface area contributed by atoms with Crippen LogP contribution in [-0.2, 0) is 6.42 Å². The molecule has 0 aliphatic carbocycles. The molecule has 0 unspecified atom stereocenters. The topological polar surface area (TPSA) is 35.0 Å². The van der Waals surface area contributed by atoms with Crippen LogP contribution < -0.4 is 4.74 Å². The summed E-state index contributed by atoms with van der Waals surface area (Å²) in [6, 6.07) is 16.8. The molecule has 3 rings (SSSR count). The van der Waals surface area contributed by atoms with E-state index in [-0.39, 0.29) is 0 Å². The molecular weight excluding hydrogens is 392 g/mol. The minimum absolute atomic E-state index is 0.715. The molecule has 0 aliphatic heterocycles. The van der Waals surface area contributed by atoms with Crippen LogP contribution in [0.3, 0.4) is 0 Å². The molecule has 0 spiro atoms. The Bertz CT molecular complexity index is 930. The molecule has 0 saturated heterocycles. The van der Waals surface area contributed by atoms with Crippen LogP contribution in [0.2, 0.25) is 0 Å². The third kappa shape index (κ3) is 7.33. The Morgan fingerprint density at radius 3 is 2.16 bits per heavy atom. The number of allylic oxidation sites excluding steroid dienone is 1. The first-order valence-electron chi connectivity index (χ1n) is 11.9. The Hall–Kier alpha value is -2.94. The molecule has 0 N–H and O–H groups in total. The predicted molar refractivity (Wildman–Crippen MR) is 135 cm³/mol. The summed E-state index contributed by atoms with van der Waals surface area (Å²) in [4.78, 5) is 9.18. The summed E-state index contributed by atoms with van der Waals surface area (Å²) in [7, 11) is 0. The number of benzene rings is 2. The van der Waals surface area contributed by atoms with Gasteiger partial charge in [-0.25, -0.2) is 9.97 Å². The fourth-order valence-electron chi connectivity index (χ4n) is 3.64. The van der Waals surface area contributed by atoms with Gasteiger partial charge >= 0.3 is 0 Å². The summed E-state index contributed by atoms with van der Waals surface area (Å²) in [5, 5.41) is 0. The molecule has 0 radical (unpaired) electrons. The van der Waals surface area contributed by atoms with Gasteiger partial charge in [0.15, 0.2) is 5.82 Å². The van der Waals surface area contributed by atoms with E-state index in [9.17, 15) is 0 Å². The highest BCUT2D eigenvalue weighted by atomic mass is 16.5. The monoisotopic (exact) mass is 428 g/mol. The molecule has 32 heavy (non-hydrogen) atoms. The Balaban J connectivity index is 1.51. The fraction of sp³-hybridized carbons (Fsp3) is 0.379. The molecule has 1 heterocycles. The van der Waals surface area contributed by atoms with Crippen LogP contribution in [0, 0.1) is 5.92 Å². The Morgan fingerprint density at radius 2 is 1.50 bits per heavy atom. The van der Waals surface area contributed by atoms with Crippen LogP contribution in [0.5, 0.6) is 5.75 Å². The van der Waals surface area contributed by atoms with Crippen molar-refractivity contribution < 1.29 is 4.74 Å². The molecule has 168 valence electrons. The van der Waals surface area contributed by atoms with E-state index in [1.165, 1.54) is 31.2 Å². The highest BCUT2D eigenvalue weighted by Gasteiger charge is 2.06. The van der Waals surface area contributed by atoms with E-state index >= 15 is 0 Å². The van der Waals surface area contributed by atoms with Crippen LogP contribution >= 0.6 is 0 Å². The molecule has 0 saturated carbocycles. The first kappa shape index (κ1) is 23.7. The molecule has 2 aromatic carbocycles. The fourth-order valence-corrected chi connectivity index (χ4v) is 3.64. The van der Waals surface area contributed by atoms with Crippen LogP contribution in [0.25, 0.3) is 22.5 Å². The predicted octanol–water partition coefficient (Wildman–Crippen LogP) is 7.91. The number of hydrogen-bond donors (Lipinski definition) is 0. The van der Waals surface area contributed by atoms with Crippen LogP contribution in [0.15, 0.2) is 73.6 Å². The molecule has 0 aliphatic rings. The Labute approximate surface area is 193 Å². The maximum Gasteiger partial charge on any atom is 0.159 e. The van der Waals surface area contributed by atoms with E-state index in [1.54, 1.807) is 0 Å². The van der Waals surface area contributed by atoms with E-state index in [0.29, 0.717) is 5.92 Å². The summed E-state index contributed by atoms with van der Waals surface area (Å²) >= 11 is 0. The van der Waals surface area contributed by atoms with E-state index in [2.05, 4.69) is 54.7 Å². The second-order valence-electron chi connectivity index (χ2n) is 8.57. The maximum absolute atomic E-state index is 5.86. The SMILES string of the molecule is C=CCCCCCCOc1ccc(-c2ncc(-c3ccc(C[C@@H](C)CC)cc3)cn2)cc1. The van der Waals surface area contributed by atoms with E-state index in [1.807, 2.05) is 42.7 Å². The van der Waals surface area contributed by atoms with Crippen molar-refractivity contribution in [1.29, 1.82) is 0 Å². The van der Waals surface area contributed by atoms with Crippen molar-refractivity contribution in [3.05, 3.63) is 79.1 Å². The molecule has 0 amide bonds. The van der Waals surface area contributed by atoms with Gasteiger partial charge < -0.3 is 4.74 Å². The first-order chi connectivity index (χ1) is 15.7. The number of unbranched alkanes of at least 4 members (excludes halogenated alkanes) is 4. The molecule has 3 heteroatoms. The second kappa shape index (κ2) is 12.8. The smallest absolute Gasteiger partial charge is 0.159 e. The number of nitrogens with zero attached hydrogens (tertiary/aromatic N) is 2. The van der Waals surface area contributed by atoms with Crippen LogP contribution in [0.1, 0.15) is 57.9 Å². The molecule has 0 bridgehead atoms. The van der Waals surface area contributed by atoms with Crippen molar-refractivity contribution in [3.63, 3.8) is 0 Å². The summed E-state index contributed by atoms with van der Waals surface area (Å²) in [5.74, 6) is 2.34. The minimum Gasteiger partial charge on any atom is -0.494 e. The van der Waals surface area contributed by atoms with Crippen molar-refractivity contribution >= 4 is 0 Å². The van der Waals surface area contributed by atoms with Gasteiger partial charge in [0.05, 0.1) is 6.61 Å². The molecule has 1 atom stereocenters. The van der Waals surface area contributed by atoms with Crippen LogP contribution in [-0.4, -0.2) is 16.6 Å². The molecule has 3 aromatic rings. The zero-order chi connectivity index (χ0) is 22.6. The number of rotatable bonds is 13. The van der Waals surface area contributed by atoms with Crippen LogP contribution in [0.4, 0.5) is 0 Å². The van der Waals surface area contributed by atoms with E-state index in [0.717, 1.165) is 54.1 Å². The lowest BCUT2D eigenvalue weighted by atomic mass is 9.97. The quantitative estimate of drug-likeness (QED) is 0.205. The van der Waals surface area contributed by atoms with Gasteiger partial charge in [-0.1, -0.05) is 63.5 Å². The zero-order valence-electron chi connectivity index (χ0n) is 19.6. The lowest BCUT2D eigenvalue weighted by Crippen LogP contribution is -1.97. The van der Waals surface area contributed by atoms with Gasteiger partial charge in [0.1, 0.15) is 5.75 Å². The Morgan fingerprint density at radius 1 is 0.844 bits per heavy atom. The lowest BCUT2D eigenvalue weighted by Gasteiger charge is -2.09. The van der Waals surface area contributed by atoms with Gasteiger partial charge in [0.25, 0.3) is 0 Å². The first-order valence-corrected chi connectivity index (χ1v) is 11.9. The van der Waals surface area contributed by atoms with E-state index < -0.39 is 0 Å². The van der Waals surface area contributed by atoms with Crippen molar-refractivity contribution in [2.24, 2.45) is 5.92 Å². The maximum atomic E-state index is 5.86. The summed E-state index contributed by atoms with van der Waals surface area (Å²) in [5.41, 5.74) is 4.57. The third-order valence-electron chi connectivity index (χ3n) is 5.90. The van der Waals surface area contributed by atoms with Gasteiger partial charge in [-0.2, -0.15) is 0 Å². The largest absolute Gasteiger partial charge is 0.494 e. The van der Waals surface area contributed by atoms with Gasteiger partial charge in [0.2, 0.25) is 0 Å². The lowest BCUT2D eigenvalue weighted by molar-refractivity contribution is 0.305. The normalized spacial score (nSPS) is 11.8. The van der Waals surface area contributed by atoms with Gasteiger partial charge in [-0.05, 0) is 67.0 Å². The average molecular weight is 429 g/mol. The van der Waals surface area contributed by atoms with Gasteiger partial charge in [-0.3, -0.25) is 0 Å². The average Bonchev–Trinajstić information content (AvgIpc) is 2.84. The van der Waals surface area contributed by atoms with Crippen molar-refractivity contribution in [2.75, 3.05) is 6.61 Å². The summed E-state index contributed by atoms with van der Waals surface area (Å²) < 4.78 is 5.86. The number of aromatic nitrogens is 2. The summed E-state index contributed by atoms with van der Waals surface area (Å²) in [6.45, 7) is 9.06. The van der Waals surface area contributed by atoms with Crippen molar-refractivity contribution in [3.8, 4) is 28.3 Å². The second-order valence-corrected chi connectivity index (χ2v) is 8.57. The molecular formula is C29H36N2O. The summed E-state index contributed by atoms with van der Waals surface area (Å²) in [6.07, 6.45) is 14.0. The molecule has 1 aromatic heterocycles. The van der Waals surface area contributed by atoms with Gasteiger partial charge in [0, 0.05) is 23.5 Å². The highest BCUT2D eigenvalue weighted by Crippen LogP contribution is 2.23. The number of ether oxygens (including phenoxy) is 1. The standard InChI is InChI=1S/C29H36N2O/c1-4-6-7-8-9-10-19-32-28-17-15-26(16-18-28)29-30-21-27(22-31-29)25-13-11-24(12-14-25)20-23(3)5-2/h4,11-18,21-23H,1,5-10,19-20H2,2-3H3/t23-/m0/s1. The third-order valence-corrected chi connectivity index (χ3v) is 5.90. The van der Waals surface area contributed by atoms with Crippen molar-refractivity contribution in [2.45, 2.75) is 58.8 Å². The minimum atomic E-state index is 0.715.